The Kier molecular flexibility index (Phi) is 5.23. The molecule has 0 fully saturated rings. The molecule has 0 aliphatic carbocycles. The number of amides is 2. The zero-order valence-electron chi connectivity index (χ0n) is 14.2. The van der Waals surface area contributed by atoms with E-state index in [1.807, 2.05) is 0 Å². The molecule has 0 atom stereocenters. The molecule has 5 N–H and O–H groups in total. The van der Waals surface area contributed by atoms with E-state index in [2.05, 4.69) is 15.6 Å². The number of para-hydroxylation sites is 1. The molecule has 2 amide bonds. The first-order valence-corrected chi connectivity index (χ1v) is 8.60. The van der Waals surface area contributed by atoms with Gasteiger partial charge in [-0.05, 0) is 36.4 Å². The molecule has 0 saturated heterocycles. The van der Waals surface area contributed by atoms with Crippen molar-refractivity contribution in [2.75, 3.05) is 17.7 Å². The number of aromatic nitrogens is 1. The van der Waals surface area contributed by atoms with E-state index in [-0.39, 0.29) is 22.0 Å². The Morgan fingerprint density at radius 3 is 2.48 bits per heavy atom. The smallest absolute Gasteiger partial charge is 0.270 e. The minimum Gasteiger partial charge on any atom is -0.507 e. The van der Waals surface area contributed by atoms with E-state index < -0.39 is 11.8 Å². The first-order chi connectivity index (χ1) is 13.0. The van der Waals surface area contributed by atoms with Crippen LogP contribution in [-0.4, -0.2) is 29.0 Å². The maximum atomic E-state index is 12.4. The molecule has 8 nitrogen and oxygen atoms in total. The molecule has 27 heavy (non-hydrogen) atoms. The fraction of sp³-hybridized carbons (Fsp3) is 0.0556. The van der Waals surface area contributed by atoms with E-state index >= 15 is 0 Å². The van der Waals surface area contributed by atoms with Gasteiger partial charge in [0, 0.05) is 5.69 Å². The van der Waals surface area contributed by atoms with Gasteiger partial charge in [0.05, 0.1) is 12.7 Å². The van der Waals surface area contributed by atoms with E-state index in [1.165, 1.54) is 12.1 Å². The highest BCUT2D eigenvalue weighted by Crippen LogP contribution is 2.31. The number of carbonyl (C=O) groups excluding carboxylic acids is 2. The second-order valence-corrected chi connectivity index (χ2v) is 6.38. The first-order valence-electron chi connectivity index (χ1n) is 7.79. The molecule has 138 valence electrons. The fourth-order valence-electron chi connectivity index (χ4n) is 2.26. The highest BCUT2D eigenvalue weighted by atomic mass is 32.1. The van der Waals surface area contributed by atoms with Gasteiger partial charge >= 0.3 is 0 Å². The zero-order valence-corrected chi connectivity index (χ0v) is 15.0. The van der Waals surface area contributed by atoms with Crippen molar-refractivity contribution in [1.29, 1.82) is 0 Å². The van der Waals surface area contributed by atoms with E-state index in [1.54, 1.807) is 43.5 Å². The number of hydrogen-bond acceptors (Lipinski definition) is 7. The summed E-state index contributed by atoms with van der Waals surface area (Å²) in [5.74, 6) is -0.818. The standard InChI is InChI=1S/C18H16N4O4S/c1-26-11-8-6-10(7-9-11)20-18-21-14(15(19)24)17(27-18)22-16(25)12-4-2-3-5-13(12)23/h2-9,23H,1H3,(H2,19,24)(H,20,21)(H,22,25). The van der Waals surface area contributed by atoms with E-state index in [4.69, 9.17) is 10.5 Å². The highest BCUT2D eigenvalue weighted by Gasteiger charge is 2.20. The number of nitrogens with two attached hydrogens (primary N) is 1. The number of phenolic OH excluding ortho intramolecular Hbond substituents is 1. The van der Waals surface area contributed by atoms with Gasteiger partial charge < -0.3 is 26.2 Å². The van der Waals surface area contributed by atoms with Gasteiger partial charge in [-0.25, -0.2) is 4.98 Å². The molecule has 1 heterocycles. The van der Waals surface area contributed by atoms with Crippen molar-refractivity contribution in [1.82, 2.24) is 4.98 Å². The Hall–Kier alpha value is -3.59. The summed E-state index contributed by atoms with van der Waals surface area (Å²) in [7, 11) is 1.57. The number of benzene rings is 2. The molecule has 3 aromatic rings. The van der Waals surface area contributed by atoms with Crippen molar-refractivity contribution in [3.05, 3.63) is 59.8 Å². The maximum absolute atomic E-state index is 12.4. The second-order valence-electron chi connectivity index (χ2n) is 5.39. The number of primary amides is 1. The highest BCUT2D eigenvalue weighted by molar-refractivity contribution is 7.20. The largest absolute Gasteiger partial charge is 0.507 e. The molecule has 0 bridgehead atoms. The summed E-state index contributed by atoms with van der Waals surface area (Å²) in [6, 6.07) is 13.2. The van der Waals surface area contributed by atoms with E-state index in [0.717, 1.165) is 17.0 Å². The molecular formula is C18H16N4O4S. The van der Waals surface area contributed by atoms with Crippen LogP contribution in [0.3, 0.4) is 0 Å². The fourth-order valence-corrected chi connectivity index (χ4v) is 3.15. The van der Waals surface area contributed by atoms with Crippen LogP contribution in [-0.2, 0) is 0 Å². The van der Waals surface area contributed by atoms with Crippen LogP contribution in [0.5, 0.6) is 11.5 Å². The third kappa shape index (κ3) is 4.15. The molecule has 0 spiro atoms. The monoisotopic (exact) mass is 384 g/mol. The molecule has 0 aliphatic rings. The number of hydrogen-bond donors (Lipinski definition) is 4. The van der Waals surface area contributed by atoms with Crippen LogP contribution in [0.4, 0.5) is 15.8 Å². The molecule has 1 aromatic heterocycles. The van der Waals surface area contributed by atoms with Gasteiger partial charge in [-0.3, -0.25) is 9.59 Å². The summed E-state index contributed by atoms with van der Waals surface area (Å²) < 4.78 is 5.10. The van der Waals surface area contributed by atoms with Crippen molar-refractivity contribution < 1.29 is 19.4 Å². The molecule has 2 aromatic carbocycles. The van der Waals surface area contributed by atoms with Gasteiger partial charge in [-0.15, -0.1) is 0 Å². The summed E-state index contributed by atoms with van der Waals surface area (Å²) in [5.41, 5.74) is 6.09. The van der Waals surface area contributed by atoms with Crippen LogP contribution in [0.25, 0.3) is 0 Å². The summed E-state index contributed by atoms with van der Waals surface area (Å²) in [4.78, 5) is 28.2. The van der Waals surface area contributed by atoms with E-state index in [0.29, 0.717) is 10.9 Å². The average molecular weight is 384 g/mol. The summed E-state index contributed by atoms with van der Waals surface area (Å²) in [6.07, 6.45) is 0. The van der Waals surface area contributed by atoms with Crippen LogP contribution < -0.4 is 21.1 Å². The quantitative estimate of drug-likeness (QED) is 0.517. The van der Waals surface area contributed by atoms with Gasteiger partial charge in [-0.1, -0.05) is 23.5 Å². The third-order valence-electron chi connectivity index (χ3n) is 3.58. The van der Waals surface area contributed by atoms with Gasteiger partial charge in [0.25, 0.3) is 11.8 Å². The average Bonchev–Trinajstić information content (AvgIpc) is 3.05. The number of rotatable bonds is 6. The minimum atomic E-state index is -0.776. The molecule has 0 saturated carbocycles. The lowest BCUT2D eigenvalue weighted by Gasteiger charge is -2.05. The van der Waals surface area contributed by atoms with Crippen LogP contribution in [0.2, 0.25) is 0 Å². The summed E-state index contributed by atoms with van der Waals surface area (Å²) in [6.45, 7) is 0. The molecule has 3 rings (SSSR count). The van der Waals surface area contributed by atoms with E-state index in [9.17, 15) is 14.7 Å². The number of methoxy groups -OCH3 is 1. The van der Waals surface area contributed by atoms with Gasteiger partial charge in [0.15, 0.2) is 10.8 Å². The number of nitrogens with one attached hydrogen (secondary N) is 2. The first kappa shape index (κ1) is 18.2. The Balaban J connectivity index is 1.83. The lowest BCUT2D eigenvalue weighted by Crippen LogP contribution is -2.17. The summed E-state index contributed by atoms with van der Waals surface area (Å²) in [5, 5.41) is 16.0. The van der Waals surface area contributed by atoms with Crippen molar-refractivity contribution in [3.8, 4) is 11.5 Å². The Labute approximate surface area is 158 Å². The second kappa shape index (κ2) is 7.75. The molecule has 0 aliphatic heterocycles. The molecule has 0 unspecified atom stereocenters. The SMILES string of the molecule is COc1ccc(Nc2nc(C(N)=O)c(NC(=O)c3ccccc3O)s2)cc1. The molecule has 9 heteroatoms. The van der Waals surface area contributed by atoms with Crippen molar-refractivity contribution in [2.45, 2.75) is 0 Å². The number of aromatic hydroxyl groups is 1. The number of carbonyl (C=O) groups is 2. The van der Waals surface area contributed by atoms with Crippen LogP contribution in [0, 0.1) is 0 Å². The lowest BCUT2D eigenvalue weighted by molar-refractivity contribution is 0.0997. The van der Waals surface area contributed by atoms with Gasteiger partial charge in [0.2, 0.25) is 0 Å². The molecular weight excluding hydrogens is 368 g/mol. The van der Waals surface area contributed by atoms with Crippen molar-refractivity contribution >= 4 is 39.0 Å². The zero-order chi connectivity index (χ0) is 19.4. The van der Waals surface area contributed by atoms with Crippen LogP contribution in [0.15, 0.2) is 48.5 Å². The van der Waals surface area contributed by atoms with Crippen molar-refractivity contribution in [2.24, 2.45) is 5.73 Å². The predicted molar refractivity (Wildman–Crippen MR) is 103 cm³/mol. The number of thiazole rings is 1. The third-order valence-corrected chi connectivity index (χ3v) is 4.46. The van der Waals surface area contributed by atoms with Gasteiger partial charge in [-0.2, -0.15) is 0 Å². The number of ether oxygens (including phenoxy) is 1. The minimum absolute atomic E-state index is 0.0696. The topological polar surface area (TPSA) is 127 Å². The van der Waals surface area contributed by atoms with Crippen molar-refractivity contribution in [3.63, 3.8) is 0 Å². The Bertz CT molecular complexity index is 985. The van der Waals surface area contributed by atoms with Crippen LogP contribution in [0.1, 0.15) is 20.8 Å². The maximum Gasteiger partial charge on any atom is 0.270 e. The number of anilines is 3. The summed E-state index contributed by atoms with van der Waals surface area (Å²) >= 11 is 1.05. The molecule has 0 radical (unpaired) electrons. The normalized spacial score (nSPS) is 10.3. The Morgan fingerprint density at radius 2 is 1.85 bits per heavy atom. The predicted octanol–water partition coefficient (Wildman–Crippen LogP) is 2.95. The Morgan fingerprint density at radius 1 is 1.15 bits per heavy atom. The number of phenols is 1. The number of nitrogens with zero attached hydrogens (tertiary/aromatic N) is 1. The lowest BCUT2D eigenvalue weighted by atomic mass is 10.2. The van der Waals surface area contributed by atoms with Crippen LogP contribution >= 0.6 is 11.3 Å². The van der Waals surface area contributed by atoms with Gasteiger partial charge in [0.1, 0.15) is 16.5 Å².